The van der Waals surface area contributed by atoms with E-state index in [4.69, 9.17) is 14.7 Å². The van der Waals surface area contributed by atoms with Crippen LogP contribution in [-0.2, 0) is 29.9 Å². The van der Waals surface area contributed by atoms with E-state index in [-0.39, 0.29) is 22.6 Å². The lowest BCUT2D eigenvalue weighted by molar-refractivity contribution is -0.163. The van der Waals surface area contributed by atoms with Crippen molar-refractivity contribution in [3.05, 3.63) is 76.3 Å². The fraction of sp³-hybridized carbons (Fsp3) is 0.240. The van der Waals surface area contributed by atoms with E-state index in [1.807, 2.05) is 6.07 Å². The van der Waals surface area contributed by atoms with Crippen LogP contribution < -0.4 is 10.1 Å². The first-order valence-electron chi connectivity index (χ1n) is 10.9. The lowest BCUT2D eigenvalue weighted by Crippen LogP contribution is -2.77. The van der Waals surface area contributed by atoms with Gasteiger partial charge in [0.15, 0.2) is 25.0 Å². The number of nitrogens with one attached hydrogen (secondary N) is 1. The van der Waals surface area contributed by atoms with Gasteiger partial charge in [-0.1, -0.05) is 46.8 Å². The molecule has 10 nitrogen and oxygen atoms in total. The Balaban J connectivity index is 1.37. The predicted molar refractivity (Wildman–Crippen MR) is 135 cm³/mol. The molecule has 2 saturated heterocycles. The molecular weight excluding hydrogens is 566 g/mol. The molecule has 2 aliphatic rings. The number of hydrogen-bond donors (Lipinski definition) is 1. The third-order valence-electron chi connectivity index (χ3n) is 5.76. The van der Waals surface area contributed by atoms with Crippen LogP contribution in [0.1, 0.15) is 15.9 Å². The number of halogens is 1. The van der Waals surface area contributed by atoms with Crippen LogP contribution in [-0.4, -0.2) is 69.1 Å². The maximum absolute atomic E-state index is 12.9. The number of ketones is 1. The van der Waals surface area contributed by atoms with Crippen molar-refractivity contribution in [2.24, 2.45) is 0 Å². The molecule has 37 heavy (non-hydrogen) atoms. The zero-order valence-electron chi connectivity index (χ0n) is 19.2. The number of nitriles is 1. The summed E-state index contributed by atoms with van der Waals surface area (Å²) in [6.07, 6.45) is 0. The molecular formula is C25H20BrN3O7S. The Bertz CT molecular complexity index is 1350. The Morgan fingerprint density at radius 3 is 2.57 bits per heavy atom. The first-order valence-corrected chi connectivity index (χ1v) is 13.1. The fourth-order valence-electron chi connectivity index (χ4n) is 3.97. The van der Waals surface area contributed by atoms with E-state index >= 15 is 0 Å². The number of Topliss-reactive ketones (excluding diaryl/α,β-unsaturated/α-hetero) is 1. The third-order valence-corrected chi connectivity index (χ3v) is 7.98. The summed E-state index contributed by atoms with van der Waals surface area (Å²) in [6.45, 7) is 2.75. The maximum Gasteiger partial charge on any atom is 0.333 e. The van der Waals surface area contributed by atoms with E-state index in [0.717, 1.165) is 9.37 Å². The van der Waals surface area contributed by atoms with Crippen LogP contribution in [0.3, 0.4) is 0 Å². The summed E-state index contributed by atoms with van der Waals surface area (Å²) in [5.41, 5.74) is 0.804. The fourth-order valence-corrected chi connectivity index (χ4v) is 5.90. The zero-order valence-corrected chi connectivity index (χ0v) is 21.6. The quantitative estimate of drug-likeness (QED) is 0.212. The molecule has 1 N–H and O–H groups in total. The number of fused-ring (bicyclic) bond motifs is 1. The highest BCUT2D eigenvalue weighted by Crippen LogP contribution is 2.34. The third kappa shape index (κ3) is 5.47. The van der Waals surface area contributed by atoms with Crippen molar-refractivity contribution in [2.45, 2.75) is 17.5 Å². The van der Waals surface area contributed by atoms with Crippen molar-refractivity contribution in [2.75, 3.05) is 19.0 Å². The normalized spacial score (nSPS) is 22.2. The Morgan fingerprint density at radius 2 is 1.86 bits per heavy atom. The lowest BCUT2D eigenvalue weighted by Gasteiger charge is -2.52. The van der Waals surface area contributed by atoms with E-state index in [9.17, 15) is 23.4 Å². The van der Waals surface area contributed by atoms with Gasteiger partial charge in [0.05, 0.1) is 16.4 Å². The van der Waals surface area contributed by atoms with Crippen molar-refractivity contribution in [1.29, 1.82) is 5.26 Å². The summed E-state index contributed by atoms with van der Waals surface area (Å²) >= 11 is 3.28. The molecule has 0 bridgehead atoms. The van der Waals surface area contributed by atoms with Gasteiger partial charge in [-0.15, -0.1) is 0 Å². The van der Waals surface area contributed by atoms with Crippen LogP contribution in [0.2, 0.25) is 0 Å². The Morgan fingerprint density at radius 1 is 1.16 bits per heavy atom. The van der Waals surface area contributed by atoms with E-state index in [1.54, 1.807) is 36.4 Å². The molecule has 2 heterocycles. The molecule has 4 atom stereocenters. The Kier molecular flexibility index (Phi) is 7.85. The number of β-lactam (4-membered cyclic amide) rings is 1. The monoisotopic (exact) mass is 585 g/mol. The number of para-hydroxylation sites is 1. The Labute approximate surface area is 222 Å². The first kappa shape index (κ1) is 26.2. The van der Waals surface area contributed by atoms with Gasteiger partial charge in [-0.3, -0.25) is 18.6 Å². The second kappa shape index (κ2) is 11.1. The molecule has 0 radical (unpaired) electrons. The highest BCUT2D eigenvalue weighted by Gasteiger charge is 2.59. The molecule has 2 aromatic rings. The Hall–Kier alpha value is -3.82. The number of amides is 2. The number of rotatable bonds is 8. The minimum absolute atomic E-state index is 0.0761. The van der Waals surface area contributed by atoms with Gasteiger partial charge in [0.1, 0.15) is 23.2 Å². The van der Waals surface area contributed by atoms with Gasteiger partial charge in [0, 0.05) is 15.8 Å². The van der Waals surface area contributed by atoms with Gasteiger partial charge in [-0.2, -0.15) is 5.26 Å². The van der Waals surface area contributed by atoms with Gasteiger partial charge in [0.2, 0.25) is 5.91 Å². The molecule has 0 aliphatic carbocycles. The van der Waals surface area contributed by atoms with E-state index in [1.165, 1.54) is 12.1 Å². The highest BCUT2D eigenvalue weighted by atomic mass is 79.9. The minimum atomic E-state index is -1.62. The highest BCUT2D eigenvalue weighted by molar-refractivity contribution is 9.10. The second-order valence-electron chi connectivity index (χ2n) is 8.20. The molecule has 3 unspecified atom stereocenters. The molecule has 0 spiro atoms. The van der Waals surface area contributed by atoms with Gasteiger partial charge in [0.25, 0.3) is 5.91 Å². The molecule has 0 saturated carbocycles. The molecule has 2 fully saturated rings. The summed E-state index contributed by atoms with van der Waals surface area (Å²) in [7, 11) is -1.62. The number of nitrogens with zero attached hydrogens (tertiary/aromatic N) is 2. The molecule has 2 amide bonds. The standard InChI is InChI=1S/C25H20BrN3O7S/c1-14-13-37(34)24-21(28-20(31)12-35-19-5-3-2-4-16(19)10-27)23(32)29(24)22(14)25(33)36-11-18(30)15-6-8-17(26)9-7-15/h2-9,21-22,24H,1,11-13H2,(H,28,31)/t21?,22?,24-,37?/m1/s1. The van der Waals surface area contributed by atoms with Crippen LogP contribution in [0, 0.1) is 11.3 Å². The smallest absolute Gasteiger partial charge is 0.333 e. The molecule has 190 valence electrons. The van der Waals surface area contributed by atoms with Crippen LogP contribution in [0.4, 0.5) is 0 Å². The van der Waals surface area contributed by atoms with E-state index in [0.29, 0.717) is 5.56 Å². The SMILES string of the molecule is C=C1CS(=O)[C@@H]2C(NC(=O)COc3ccccc3C#N)C(=O)N2C1C(=O)OCC(=O)c1ccc(Br)cc1. The van der Waals surface area contributed by atoms with Crippen molar-refractivity contribution < 1.29 is 32.9 Å². The topological polar surface area (TPSA) is 143 Å². The predicted octanol–water partition coefficient (Wildman–Crippen LogP) is 1.47. The number of hydrogen-bond acceptors (Lipinski definition) is 8. The molecule has 2 aromatic carbocycles. The summed E-state index contributed by atoms with van der Waals surface area (Å²) in [5, 5.41) is 10.6. The van der Waals surface area contributed by atoms with Crippen LogP contribution in [0.5, 0.6) is 5.75 Å². The van der Waals surface area contributed by atoms with E-state index < -0.39 is 65.0 Å². The minimum Gasteiger partial charge on any atom is -0.482 e. The number of carbonyl (C=O) groups excluding carboxylic acids is 4. The largest absolute Gasteiger partial charge is 0.482 e. The number of ether oxygens (including phenoxy) is 2. The lowest BCUT2D eigenvalue weighted by atomic mass is 9.98. The van der Waals surface area contributed by atoms with Gasteiger partial charge < -0.3 is 19.7 Å². The van der Waals surface area contributed by atoms with E-state index in [2.05, 4.69) is 27.8 Å². The molecule has 12 heteroatoms. The van der Waals surface area contributed by atoms with Crippen molar-refractivity contribution in [1.82, 2.24) is 10.2 Å². The number of benzene rings is 2. The summed E-state index contributed by atoms with van der Waals surface area (Å²) in [5.74, 6) is -2.46. The first-order chi connectivity index (χ1) is 17.7. The summed E-state index contributed by atoms with van der Waals surface area (Å²) < 4.78 is 24.1. The molecule has 0 aromatic heterocycles. The maximum atomic E-state index is 12.9. The molecule has 2 aliphatic heterocycles. The van der Waals surface area contributed by atoms with Gasteiger partial charge in [-0.25, -0.2) is 4.79 Å². The van der Waals surface area contributed by atoms with Gasteiger partial charge in [-0.05, 0) is 29.8 Å². The van der Waals surface area contributed by atoms with Crippen LogP contribution in [0.25, 0.3) is 0 Å². The number of esters is 1. The van der Waals surface area contributed by atoms with Crippen molar-refractivity contribution in [3.63, 3.8) is 0 Å². The molecule has 4 rings (SSSR count). The second-order valence-corrected chi connectivity index (χ2v) is 10.7. The van der Waals surface area contributed by atoms with Crippen molar-refractivity contribution >= 4 is 50.3 Å². The van der Waals surface area contributed by atoms with Crippen LogP contribution in [0.15, 0.2) is 65.2 Å². The van der Waals surface area contributed by atoms with Crippen molar-refractivity contribution in [3.8, 4) is 11.8 Å². The van der Waals surface area contributed by atoms with Crippen LogP contribution >= 0.6 is 15.9 Å². The summed E-state index contributed by atoms with van der Waals surface area (Å²) in [4.78, 5) is 51.5. The average molecular weight is 586 g/mol. The average Bonchev–Trinajstić information content (AvgIpc) is 2.89. The zero-order chi connectivity index (χ0) is 26.7. The summed E-state index contributed by atoms with van der Waals surface area (Å²) in [6, 6.07) is 12.5. The van der Waals surface area contributed by atoms with Gasteiger partial charge >= 0.3 is 5.97 Å². The number of carbonyl (C=O) groups is 4.